The van der Waals surface area contributed by atoms with E-state index in [9.17, 15) is 0 Å². The standard InChI is InChI=1S/C19H15N3O.C8H14N.K/c1-14(18-11-21-13-22-19(18)20)16-8-5-9-17(10-16)23-12-15-6-3-2-4-7-15;1-3-8(4-1)7-9-5-2-6-9;/h1-10,13H,12H2,(H2,20,21,22);1,8H,2-7H2;/q-2;-1;+1. The van der Waals surface area contributed by atoms with E-state index in [-0.39, 0.29) is 51.4 Å². The number of aromatic nitrogens is 2. The second kappa shape index (κ2) is 13.4. The summed E-state index contributed by atoms with van der Waals surface area (Å²) in [5.41, 5.74) is 8.66. The Kier molecular flexibility index (Phi) is 10.6. The van der Waals surface area contributed by atoms with Crippen LogP contribution >= 0.6 is 0 Å². The Hall–Kier alpha value is -1.54. The van der Waals surface area contributed by atoms with Crippen LogP contribution in [0.15, 0.2) is 60.9 Å². The van der Waals surface area contributed by atoms with Crippen LogP contribution in [0.4, 0.5) is 5.82 Å². The molecule has 2 aliphatic rings. The zero-order valence-corrected chi connectivity index (χ0v) is 22.4. The van der Waals surface area contributed by atoms with Crippen molar-refractivity contribution in [2.75, 3.05) is 25.4 Å². The average Bonchev–Trinajstić information content (AvgIpc) is 2.77. The number of ether oxygens (including phenoxy) is 1. The monoisotopic (exact) mass is 464 g/mol. The molecule has 1 saturated heterocycles. The SMILES string of the molecule is [CH-]1CC(CN2CCC2)C1.[CH-]=C(c1cccc(OCc2ccccc2)c1)c1[c-]ncnc1N.[K+]. The van der Waals surface area contributed by atoms with E-state index >= 15 is 0 Å². The third kappa shape index (κ3) is 7.74. The first kappa shape index (κ1) is 26.1. The van der Waals surface area contributed by atoms with Crippen LogP contribution in [0.1, 0.15) is 36.0 Å². The van der Waals surface area contributed by atoms with Gasteiger partial charge >= 0.3 is 51.4 Å². The smallest absolute Gasteiger partial charge is 0.490 e. The Morgan fingerprint density at radius 3 is 2.58 bits per heavy atom. The van der Waals surface area contributed by atoms with Gasteiger partial charge in [-0.1, -0.05) is 48.4 Å². The minimum Gasteiger partial charge on any atom is -0.490 e. The van der Waals surface area contributed by atoms with Crippen molar-refractivity contribution in [3.63, 3.8) is 0 Å². The van der Waals surface area contributed by atoms with Gasteiger partial charge in [0, 0.05) is 6.33 Å². The molecule has 1 aliphatic heterocycles. The van der Waals surface area contributed by atoms with Crippen LogP contribution in [0.25, 0.3) is 5.57 Å². The van der Waals surface area contributed by atoms with Gasteiger partial charge in [-0.15, -0.1) is 12.3 Å². The van der Waals surface area contributed by atoms with Gasteiger partial charge in [-0.05, 0) is 43.5 Å². The Balaban J connectivity index is 0.000000255. The van der Waals surface area contributed by atoms with Crippen molar-refractivity contribution in [2.24, 2.45) is 5.92 Å². The first-order valence-corrected chi connectivity index (χ1v) is 11.1. The number of nitrogens with two attached hydrogens (primary N) is 1. The van der Waals surface area contributed by atoms with E-state index < -0.39 is 0 Å². The minimum absolute atomic E-state index is 0. The molecule has 5 nitrogen and oxygen atoms in total. The van der Waals surface area contributed by atoms with Crippen molar-refractivity contribution in [1.29, 1.82) is 0 Å². The van der Waals surface area contributed by atoms with Crippen LogP contribution in [-0.4, -0.2) is 34.5 Å². The summed E-state index contributed by atoms with van der Waals surface area (Å²) in [6.07, 6.45) is 10.7. The Labute approximate surface area is 239 Å². The summed E-state index contributed by atoms with van der Waals surface area (Å²) in [5, 5.41) is 0. The predicted octanol–water partition coefficient (Wildman–Crippen LogP) is 1.61. The number of hydrogen-bond acceptors (Lipinski definition) is 5. The van der Waals surface area contributed by atoms with Crippen LogP contribution in [-0.2, 0) is 6.61 Å². The molecule has 6 heteroatoms. The molecule has 2 heterocycles. The van der Waals surface area contributed by atoms with Crippen LogP contribution in [0, 0.1) is 25.1 Å². The van der Waals surface area contributed by atoms with Crippen molar-refractivity contribution in [3.05, 3.63) is 96.8 Å². The zero-order valence-electron chi connectivity index (χ0n) is 19.3. The first-order valence-electron chi connectivity index (χ1n) is 11.1. The zero-order chi connectivity index (χ0) is 22.2. The molecular weight excluding hydrogens is 435 g/mol. The quantitative estimate of drug-likeness (QED) is 0.425. The molecule has 1 saturated carbocycles. The molecule has 33 heavy (non-hydrogen) atoms. The molecule has 1 aliphatic carbocycles. The van der Waals surface area contributed by atoms with Crippen molar-refractivity contribution >= 4 is 11.4 Å². The van der Waals surface area contributed by atoms with Gasteiger partial charge in [-0.25, -0.2) is 0 Å². The van der Waals surface area contributed by atoms with Crippen LogP contribution in [0.2, 0.25) is 0 Å². The number of likely N-dealkylation sites (tertiary alicyclic amines) is 1. The van der Waals surface area contributed by atoms with E-state index in [0.29, 0.717) is 23.6 Å². The summed E-state index contributed by atoms with van der Waals surface area (Å²) in [6, 6.07) is 17.5. The molecule has 5 rings (SSSR count). The molecule has 0 amide bonds. The summed E-state index contributed by atoms with van der Waals surface area (Å²) in [5.74, 6) is 2.06. The topological polar surface area (TPSA) is 64.3 Å². The van der Waals surface area contributed by atoms with E-state index in [2.05, 4.69) is 27.5 Å². The van der Waals surface area contributed by atoms with Crippen molar-refractivity contribution in [2.45, 2.75) is 25.9 Å². The Bertz CT molecular complexity index is 1010. The maximum Gasteiger partial charge on any atom is 1.00 e. The first-order chi connectivity index (χ1) is 15.7. The third-order valence-corrected chi connectivity index (χ3v) is 5.81. The van der Waals surface area contributed by atoms with E-state index in [1.54, 1.807) is 0 Å². The van der Waals surface area contributed by atoms with E-state index in [1.807, 2.05) is 54.6 Å². The van der Waals surface area contributed by atoms with Crippen LogP contribution in [0.5, 0.6) is 5.75 Å². The molecule has 2 aromatic carbocycles. The molecular formula is C27H29KN4O-2. The van der Waals surface area contributed by atoms with Crippen molar-refractivity contribution in [3.8, 4) is 5.75 Å². The van der Waals surface area contributed by atoms with Gasteiger partial charge in [0.15, 0.2) is 0 Å². The molecule has 0 unspecified atom stereocenters. The van der Waals surface area contributed by atoms with Gasteiger partial charge in [-0.2, -0.15) is 24.0 Å². The van der Waals surface area contributed by atoms with Crippen molar-refractivity contribution < 1.29 is 56.1 Å². The average molecular weight is 465 g/mol. The molecule has 0 bridgehead atoms. The minimum atomic E-state index is 0. The molecule has 1 aromatic heterocycles. The van der Waals surface area contributed by atoms with Gasteiger partial charge in [0.05, 0.1) is 0 Å². The predicted molar refractivity (Wildman–Crippen MR) is 127 cm³/mol. The summed E-state index contributed by atoms with van der Waals surface area (Å²) >= 11 is 0. The Morgan fingerprint density at radius 1 is 1.15 bits per heavy atom. The fraction of sp³-hybridized carbons (Fsp3) is 0.296. The van der Waals surface area contributed by atoms with Crippen LogP contribution < -0.4 is 61.9 Å². The maximum atomic E-state index is 6.16. The number of anilines is 1. The van der Waals surface area contributed by atoms with E-state index in [4.69, 9.17) is 17.0 Å². The summed E-state index contributed by atoms with van der Waals surface area (Å²) in [6.45, 7) is 10.8. The largest absolute Gasteiger partial charge is 1.00 e. The summed E-state index contributed by atoms with van der Waals surface area (Å²) in [7, 11) is 0. The van der Waals surface area contributed by atoms with Gasteiger partial charge in [0.1, 0.15) is 12.4 Å². The number of hydrogen-bond donors (Lipinski definition) is 1. The van der Waals surface area contributed by atoms with Crippen molar-refractivity contribution in [1.82, 2.24) is 14.9 Å². The summed E-state index contributed by atoms with van der Waals surface area (Å²) < 4.78 is 5.81. The second-order valence-corrected chi connectivity index (χ2v) is 8.24. The number of nitrogens with zero attached hydrogens (tertiary/aromatic N) is 3. The fourth-order valence-electron chi connectivity index (χ4n) is 3.62. The molecule has 2 N–H and O–H groups in total. The van der Waals surface area contributed by atoms with E-state index in [1.165, 1.54) is 45.2 Å². The molecule has 2 fully saturated rings. The molecule has 166 valence electrons. The van der Waals surface area contributed by atoms with Gasteiger partial charge in [-0.3, -0.25) is 12.2 Å². The maximum absolute atomic E-state index is 6.16. The van der Waals surface area contributed by atoms with E-state index in [0.717, 1.165) is 22.8 Å². The normalized spacial score (nSPS) is 15.2. The summed E-state index contributed by atoms with van der Waals surface area (Å²) in [4.78, 5) is 10.3. The number of benzene rings is 2. The van der Waals surface area contributed by atoms with Crippen LogP contribution in [0.3, 0.4) is 0 Å². The number of rotatable bonds is 7. The third-order valence-electron chi connectivity index (χ3n) is 5.81. The van der Waals surface area contributed by atoms with Gasteiger partial charge in [0.25, 0.3) is 0 Å². The Morgan fingerprint density at radius 2 is 1.94 bits per heavy atom. The fourth-order valence-corrected chi connectivity index (χ4v) is 3.62. The second-order valence-electron chi connectivity index (χ2n) is 8.24. The molecule has 0 radical (unpaired) electrons. The molecule has 0 atom stereocenters. The number of nitrogen functional groups attached to an aromatic ring is 1. The van der Waals surface area contributed by atoms with Gasteiger partial charge in [0.2, 0.25) is 0 Å². The molecule has 3 aromatic rings. The van der Waals surface area contributed by atoms with Gasteiger partial charge < -0.3 is 31.8 Å². The molecule has 0 spiro atoms.